The highest BCUT2D eigenvalue weighted by Gasteiger charge is 2.29. The van der Waals surface area contributed by atoms with Crippen molar-refractivity contribution in [2.75, 3.05) is 4.90 Å². The summed E-state index contributed by atoms with van der Waals surface area (Å²) < 4.78 is 0. The van der Waals surface area contributed by atoms with Gasteiger partial charge in [0.15, 0.2) is 5.11 Å². The molecule has 100 valence electrons. The van der Waals surface area contributed by atoms with Crippen LogP contribution in [0.25, 0.3) is 0 Å². The molecule has 1 fully saturated rings. The van der Waals surface area contributed by atoms with Crippen LogP contribution in [0.3, 0.4) is 0 Å². The molecule has 1 heterocycles. The van der Waals surface area contributed by atoms with Crippen molar-refractivity contribution in [3.8, 4) is 0 Å². The van der Waals surface area contributed by atoms with E-state index in [0.29, 0.717) is 11.6 Å². The monoisotopic (exact) mass is 276 g/mol. The van der Waals surface area contributed by atoms with Crippen LogP contribution in [0.1, 0.15) is 38.2 Å². The van der Waals surface area contributed by atoms with Gasteiger partial charge in [-0.1, -0.05) is 26.0 Å². The first-order valence-electron chi connectivity index (χ1n) is 6.29. The van der Waals surface area contributed by atoms with E-state index in [4.69, 9.17) is 12.2 Å². The SMILES string of the molecule is CC[C@H](C)c1ccc(N2C(=O)CC(=O)NC2=S)cc1. The molecular weight excluding hydrogens is 260 g/mol. The fraction of sp³-hybridized carbons (Fsp3) is 0.357. The van der Waals surface area contributed by atoms with Gasteiger partial charge in [-0.3, -0.25) is 14.5 Å². The smallest absolute Gasteiger partial charge is 0.242 e. The minimum Gasteiger partial charge on any atom is -0.302 e. The van der Waals surface area contributed by atoms with Gasteiger partial charge < -0.3 is 5.32 Å². The van der Waals surface area contributed by atoms with Crippen LogP contribution in [0, 0.1) is 0 Å². The van der Waals surface area contributed by atoms with E-state index in [2.05, 4.69) is 19.2 Å². The minimum absolute atomic E-state index is 0.150. The van der Waals surface area contributed by atoms with E-state index in [1.165, 1.54) is 10.5 Å². The summed E-state index contributed by atoms with van der Waals surface area (Å²) in [5.41, 5.74) is 1.92. The van der Waals surface area contributed by atoms with Crippen molar-refractivity contribution < 1.29 is 9.59 Å². The average Bonchev–Trinajstić information content (AvgIpc) is 2.37. The average molecular weight is 276 g/mol. The van der Waals surface area contributed by atoms with Crippen molar-refractivity contribution in [1.29, 1.82) is 0 Å². The summed E-state index contributed by atoms with van der Waals surface area (Å²) in [6.45, 7) is 4.29. The molecule has 5 heteroatoms. The van der Waals surface area contributed by atoms with E-state index in [0.717, 1.165) is 6.42 Å². The van der Waals surface area contributed by atoms with E-state index in [-0.39, 0.29) is 23.3 Å². The maximum atomic E-state index is 11.9. The summed E-state index contributed by atoms with van der Waals surface area (Å²) in [4.78, 5) is 24.4. The summed E-state index contributed by atoms with van der Waals surface area (Å²) in [5, 5.41) is 2.65. The van der Waals surface area contributed by atoms with Crippen molar-refractivity contribution in [3.05, 3.63) is 29.8 Å². The molecule has 1 aliphatic rings. The van der Waals surface area contributed by atoms with Crippen molar-refractivity contribution in [2.45, 2.75) is 32.6 Å². The lowest BCUT2D eigenvalue weighted by atomic mass is 9.98. The zero-order valence-corrected chi connectivity index (χ0v) is 11.8. The van der Waals surface area contributed by atoms with Crippen molar-refractivity contribution in [2.24, 2.45) is 0 Å². The predicted octanol–water partition coefficient (Wildman–Crippen LogP) is 2.34. The standard InChI is InChI=1S/C14H16N2O2S/c1-3-9(2)10-4-6-11(7-5-10)16-13(18)8-12(17)15-14(16)19/h4-7,9H,3,8H2,1-2H3,(H,15,17,19)/t9-/m0/s1. The van der Waals surface area contributed by atoms with Gasteiger partial charge in [-0.05, 0) is 42.3 Å². The maximum Gasteiger partial charge on any atom is 0.242 e. The highest BCUT2D eigenvalue weighted by Crippen LogP contribution is 2.23. The molecule has 0 aliphatic carbocycles. The van der Waals surface area contributed by atoms with Crippen LogP contribution < -0.4 is 10.2 Å². The summed E-state index contributed by atoms with van der Waals surface area (Å²) in [6, 6.07) is 7.72. The Morgan fingerprint density at radius 3 is 2.47 bits per heavy atom. The van der Waals surface area contributed by atoms with E-state index < -0.39 is 0 Å². The van der Waals surface area contributed by atoms with Gasteiger partial charge in [-0.2, -0.15) is 0 Å². The van der Waals surface area contributed by atoms with E-state index >= 15 is 0 Å². The quantitative estimate of drug-likeness (QED) is 0.681. The largest absolute Gasteiger partial charge is 0.302 e. The lowest BCUT2D eigenvalue weighted by Crippen LogP contribution is -2.52. The molecule has 0 unspecified atom stereocenters. The zero-order valence-electron chi connectivity index (χ0n) is 11.0. The molecule has 1 saturated heterocycles. The van der Waals surface area contributed by atoms with Gasteiger partial charge >= 0.3 is 0 Å². The Kier molecular flexibility index (Phi) is 3.95. The molecule has 1 N–H and O–H groups in total. The Morgan fingerprint density at radius 1 is 1.32 bits per heavy atom. The number of nitrogens with zero attached hydrogens (tertiary/aromatic N) is 1. The number of thiocarbonyl (C=S) groups is 1. The Morgan fingerprint density at radius 2 is 1.95 bits per heavy atom. The van der Waals surface area contributed by atoms with Gasteiger partial charge in [0, 0.05) is 0 Å². The van der Waals surface area contributed by atoms with Crippen LogP contribution in [-0.2, 0) is 9.59 Å². The zero-order chi connectivity index (χ0) is 14.0. The summed E-state index contributed by atoms with van der Waals surface area (Å²) in [7, 11) is 0. The van der Waals surface area contributed by atoms with Gasteiger partial charge in [0.2, 0.25) is 11.8 Å². The molecule has 2 amide bonds. The Bertz CT molecular complexity index is 505. The van der Waals surface area contributed by atoms with Crippen molar-refractivity contribution >= 4 is 34.8 Å². The van der Waals surface area contributed by atoms with Gasteiger partial charge in [-0.15, -0.1) is 0 Å². The number of carbonyl (C=O) groups is 2. The van der Waals surface area contributed by atoms with Crippen LogP contribution in [0.4, 0.5) is 5.69 Å². The fourth-order valence-corrected chi connectivity index (χ4v) is 2.32. The highest BCUT2D eigenvalue weighted by atomic mass is 32.1. The highest BCUT2D eigenvalue weighted by molar-refractivity contribution is 7.80. The Balaban J connectivity index is 2.24. The molecule has 1 aliphatic heterocycles. The molecule has 0 radical (unpaired) electrons. The molecule has 0 bridgehead atoms. The van der Waals surface area contributed by atoms with Crippen LogP contribution in [0.2, 0.25) is 0 Å². The fourth-order valence-electron chi connectivity index (χ4n) is 2.00. The topological polar surface area (TPSA) is 49.4 Å². The van der Waals surface area contributed by atoms with Crippen LogP contribution in [0.15, 0.2) is 24.3 Å². The molecule has 1 aromatic rings. The Labute approximate surface area is 117 Å². The number of rotatable bonds is 3. The summed E-state index contributed by atoms with van der Waals surface area (Å²) in [5.74, 6) is -0.148. The second kappa shape index (κ2) is 5.48. The molecule has 0 spiro atoms. The Hall–Kier alpha value is -1.75. The number of benzene rings is 1. The van der Waals surface area contributed by atoms with E-state index in [1.54, 1.807) is 0 Å². The molecular formula is C14H16N2O2S. The predicted molar refractivity (Wildman–Crippen MR) is 78.0 cm³/mol. The number of anilines is 1. The van der Waals surface area contributed by atoms with Crippen molar-refractivity contribution in [3.63, 3.8) is 0 Å². The summed E-state index contributed by atoms with van der Waals surface area (Å²) in [6.07, 6.45) is 0.906. The minimum atomic E-state index is -0.345. The number of carbonyl (C=O) groups excluding carboxylic acids is 2. The molecule has 1 aromatic carbocycles. The molecule has 0 saturated carbocycles. The van der Waals surface area contributed by atoms with Gasteiger partial charge in [-0.25, -0.2) is 0 Å². The number of hydrogen-bond donors (Lipinski definition) is 1. The maximum absolute atomic E-state index is 11.9. The lowest BCUT2D eigenvalue weighted by Gasteiger charge is -2.27. The third-order valence-electron chi connectivity index (χ3n) is 3.34. The first-order valence-corrected chi connectivity index (χ1v) is 6.70. The van der Waals surface area contributed by atoms with Crippen LogP contribution in [-0.4, -0.2) is 16.9 Å². The second-order valence-electron chi connectivity index (χ2n) is 4.66. The molecule has 1 atom stereocenters. The van der Waals surface area contributed by atoms with Crippen molar-refractivity contribution in [1.82, 2.24) is 5.32 Å². The third-order valence-corrected chi connectivity index (χ3v) is 3.63. The number of hydrogen-bond acceptors (Lipinski definition) is 3. The molecule has 2 rings (SSSR count). The number of nitrogens with one attached hydrogen (secondary N) is 1. The van der Waals surface area contributed by atoms with E-state index in [1.807, 2.05) is 24.3 Å². The first kappa shape index (κ1) is 13.7. The summed E-state index contributed by atoms with van der Waals surface area (Å²) >= 11 is 5.04. The third kappa shape index (κ3) is 2.81. The van der Waals surface area contributed by atoms with E-state index in [9.17, 15) is 9.59 Å². The normalized spacial score (nSPS) is 17.4. The van der Waals surface area contributed by atoms with Gasteiger partial charge in [0.05, 0.1) is 5.69 Å². The molecule has 0 aromatic heterocycles. The number of amides is 2. The van der Waals surface area contributed by atoms with Gasteiger partial charge in [0.1, 0.15) is 6.42 Å². The second-order valence-corrected chi connectivity index (χ2v) is 5.05. The lowest BCUT2D eigenvalue weighted by molar-refractivity contribution is -0.127. The van der Waals surface area contributed by atoms with Gasteiger partial charge in [0.25, 0.3) is 0 Å². The van der Waals surface area contributed by atoms with Crippen LogP contribution >= 0.6 is 12.2 Å². The first-order chi connectivity index (χ1) is 9.02. The van der Waals surface area contributed by atoms with Crippen LogP contribution in [0.5, 0.6) is 0 Å². The molecule has 4 nitrogen and oxygen atoms in total. The molecule has 19 heavy (non-hydrogen) atoms.